The smallest absolute Gasteiger partial charge is 0.228 e. The molecule has 0 aromatic rings. The van der Waals surface area contributed by atoms with Crippen molar-refractivity contribution in [3.63, 3.8) is 0 Å². The van der Waals surface area contributed by atoms with E-state index in [-0.39, 0.29) is 18.4 Å². The molecule has 5 heteroatoms. The van der Waals surface area contributed by atoms with Gasteiger partial charge in [0.25, 0.3) is 0 Å². The molecule has 0 radical (unpaired) electrons. The van der Waals surface area contributed by atoms with E-state index in [4.69, 9.17) is 9.84 Å². The molecule has 2 saturated heterocycles. The zero-order valence-electron chi connectivity index (χ0n) is 10.3. The molecular formula is C12H22N2O3. The Bertz CT molecular complexity index is 254. The average molecular weight is 242 g/mol. The van der Waals surface area contributed by atoms with Gasteiger partial charge < -0.3 is 14.7 Å². The molecule has 5 nitrogen and oxygen atoms in total. The number of aliphatic hydroxyl groups excluding tert-OH is 1. The van der Waals surface area contributed by atoms with Crippen LogP contribution in [0.15, 0.2) is 0 Å². The summed E-state index contributed by atoms with van der Waals surface area (Å²) < 4.78 is 5.27. The minimum Gasteiger partial charge on any atom is -0.395 e. The van der Waals surface area contributed by atoms with Crippen LogP contribution in [0.5, 0.6) is 0 Å². The SMILES string of the molecule is O=C(C1CCOC1)N1CCCN(CCO)CC1. The molecule has 1 unspecified atom stereocenters. The molecule has 0 bridgehead atoms. The number of rotatable bonds is 3. The fourth-order valence-electron chi connectivity index (χ4n) is 2.54. The summed E-state index contributed by atoms with van der Waals surface area (Å²) >= 11 is 0. The number of ether oxygens (including phenoxy) is 1. The van der Waals surface area contributed by atoms with Crippen molar-refractivity contribution in [2.75, 3.05) is 52.5 Å². The molecule has 0 spiro atoms. The number of carbonyl (C=O) groups excluding carboxylic acids is 1. The van der Waals surface area contributed by atoms with Gasteiger partial charge in [-0.1, -0.05) is 0 Å². The van der Waals surface area contributed by atoms with Crippen molar-refractivity contribution in [3.8, 4) is 0 Å². The standard InChI is InChI=1S/C12H22N2O3/c15-8-7-13-3-1-4-14(6-5-13)12(16)11-2-9-17-10-11/h11,15H,1-10H2. The third-order valence-electron chi connectivity index (χ3n) is 3.60. The minimum atomic E-state index is 0.0828. The lowest BCUT2D eigenvalue weighted by atomic mass is 10.1. The van der Waals surface area contributed by atoms with E-state index >= 15 is 0 Å². The lowest BCUT2D eigenvalue weighted by Crippen LogP contribution is -2.39. The second-order valence-electron chi connectivity index (χ2n) is 4.80. The maximum atomic E-state index is 12.2. The zero-order chi connectivity index (χ0) is 12.1. The molecule has 17 heavy (non-hydrogen) atoms. The number of carbonyl (C=O) groups is 1. The fraction of sp³-hybridized carbons (Fsp3) is 0.917. The molecule has 1 amide bonds. The van der Waals surface area contributed by atoms with Gasteiger partial charge in [0.15, 0.2) is 0 Å². The Morgan fingerprint density at radius 2 is 2.18 bits per heavy atom. The van der Waals surface area contributed by atoms with Crippen molar-refractivity contribution in [2.24, 2.45) is 5.92 Å². The highest BCUT2D eigenvalue weighted by Gasteiger charge is 2.28. The summed E-state index contributed by atoms with van der Waals surface area (Å²) in [5.41, 5.74) is 0. The maximum absolute atomic E-state index is 12.2. The van der Waals surface area contributed by atoms with Gasteiger partial charge in [0.05, 0.1) is 19.1 Å². The highest BCUT2D eigenvalue weighted by Crippen LogP contribution is 2.16. The maximum Gasteiger partial charge on any atom is 0.228 e. The van der Waals surface area contributed by atoms with Gasteiger partial charge in [0.2, 0.25) is 5.91 Å². The number of hydrogen-bond donors (Lipinski definition) is 1. The van der Waals surface area contributed by atoms with Crippen LogP contribution >= 0.6 is 0 Å². The lowest BCUT2D eigenvalue weighted by molar-refractivity contribution is -0.135. The van der Waals surface area contributed by atoms with Crippen LogP contribution in [0.2, 0.25) is 0 Å². The summed E-state index contributed by atoms with van der Waals surface area (Å²) in [5, 5.41) is 8.92. The first kappa shape index (κ1) is 12.8. The fourth-order valence-corrected chi connectivity index (χ4v) is 2.54. The molecule has 1 atom stereocenters. The van der Waals surface area contributed by atoms with Crippen LogP contribution in [-0.2, 0) is 9.53 Å². The molecular weight excluding hydrogens is 220 g/mol. The number of nitrogens with zero attached hydrogens (tertiary/aromatic N) is 2. The summed E-state index contributed by atoms with van der Waals surface area (Å²) in [6.07, 6.45) is 1.87. The Balaban J connectivity index is 1.83. The molecule has 0 aliphatic carbocycles. The summed E-state index contributed by atoms with van der Waals surface area (Å²) in [5.74, 6) is 0.341. The Labute approximate surface area is 102 Å². The van der Waals surface area contributed by atoms with Crippen molar-refractivity contribution < 1.29 is 14.6 Å². The summed E-state index contributed by atoms with van der Waals surface area (Å²) in [7, 11) is 0. The quantitative estimate of drug-likeness (QED) is 0.728. The molecule has 2 aliphatic heterocycles. The molecule has 0 saturated carbocycles. The molecule has 1 N–H and O–H groups in total. The Morgan fingerprint density at radius 1 is 1.29 bits per heavy atom. The third-order valence-corrected chi connectivity index (χ3v) is 3.60. The Morgan fingerprint density at radius 3 is 2.88 bits per heavy atom. The molecule has 2 fully saturated rings. The van der Waals surface area contributed by atoms with E-state index in [1.165, 1.54) is 0 Å². The second kappa shape index (κ2) is 6.33. The largest absolute Gasteiger partial charge is 0.395 e. The minimum absolute atomic E-state index is 0.0828. The molecule has 2 rings (SSSR count). The normalized spacial score (nSPS) is 27.1. The van der Waals surface area contributed by atoms with E-state index in [1.807, 2.05) is 4.90 Å². The lowest BCUT2D eigenvalue weighted by Gasteiger charge is -2.23. The van der Waals surface area contributed by atoms with E-state index in [1.54, 1.807) is 0 Å². The topological polar surface area (TPSA) is 53.0 Å². The molecule has 98 valence electrons. The molecule has 2 aliphatic rings. The van der Waals surface area contributed by atoms with Crippen LogP contribution in [0, 0.1) is 5.92 Å². The van der Waals surface area contributed by atoms with E-state index < -0.39 is 0 Å². The predicted octanol–water partition coefficient (Wildman–Crippen LogP) is -0.450. The van der Waals surface area contributed by atoms with Crippen molar-refractivity contribution in [1.29, 1.82) is 0 Å². The highest BCUT2D eigenvalue weighted by molar-refractivity contribution is 5.79. The van der Waals surface area contributed by atoms with Crippen molar-refractivity contribution >= 4 is 5.91 Å². The average Bonchev–Trinajstić information content (AvgIpc) is 2.76. The summed E-state index contributed by atoms with van der Waals surface area (Å²) in [6.45, 7) is 5.72. The highest BCUT2D eigenvalue weighted by atomic mass is 16.5. The van der Waals surface area contributed by atoms with Crippen LogP contribution in [0.25, 0.3) is 0 Å². The van der Waals surface area contributed by atoms with Gasteiger partial charge in [-0.25, -0.2) is 0 Å². The van der Waals surface area contributed by atoms with Gasteiger partial charge in [0, 0.05) is 32.8 Å². The third kappa shape index (κ3) is 3.40. The van der Waals surface area contributed by atoms with Crippen LogP contribution in [0.3, 0.4) is 0 Å². The van der Waals surface area contributed by atoms with Crippen LogP contribution in [0.4, 0.5) is 0 Å². The van der Waals surface area contributed by atoms with Gasteiger partial charge in [-0.05, 0) is 19.4 Å². The van der Waals surface area contributed by atoms with Crippen LogP contribution in [0.1, 0.15) is 12.8 Å². The van der Waals surface area contributed by atoms with Gasteiger partial charge in [-0.3, -0.25) is 9.69 Å². The van der Waals surface area contributed by atoms with Crippen molar-refractivity contribution in [2.45, 2.75) is 12.8 Å². The number of hydrogen-bond acceptors (Lipinski definition) is 4. The van der Waals surface area contributed by atoms with Crippen LogP contribution in [-0.4, -0.2) is 73.4 Å². The van der Waals surface area contributed by atoms with Gasteiger partial charge in [-0.2, -0.15) is 0 Å². The Hall–Kier alpha value is -0.650. The monoisotopic (exact) mass is 242 g/mol. The first-order valence-electron chi connectivity index (χ1n) is 6.51. The molecule has 0 aromatic carbocycles. The van der Waals surface area contributed by atoms with Gasteiger partial charge in [-0.15, -0.1) is 0 Å². The first-order valence-corrected chi connectivity index (χ1v) is 6.51. The molecule has 2 heterocycles. The van der Waals surface area contributed by atoms with Crippen LogP contribution < -0.4 is 0 Å². The predicted molar refractivity (Wildman–Crippen MR) is 63.6 cm³/mol. The summed E-state index contributed by atoms with van der Waals surface area (Å²) in [6, 6.07) is 0. The van der Waals surface area contributed by atoms with Crippen molar-refractivity contribution in [1.82, 2.24) is 9.80 Å². The van der Waals surface area contributed by atoms with E-state index in [2.05, 4.69) is 4.90 Å². The number of amides is 1. The number of aliphatic hydroxyl groups is 1. The second-order valence-corrected chi connectivity index (χ2v) is 4.80. The summed E-state index contributed by atoms with van der Waals surface area (Å²) in [4.78, 5) is 16.4. The Kier molecular flexibility index (Phi) is 4.76. The first-order chi connectivity index (χ1) is 8.31. The van der Waals surface area contributed by atoms with Gasteiger partial charge >= 0.3 is 0 Å². The zero-order valence-corrected chi connectivity index (χ0v) is 10.3. The van der Waals surface area contributed by atoms with E-state index in [9.17, 15) is 4.79 Å². The van der Waals surface area contributed by atoms with E-state index in [0.717, 1.165) is 45.6 Å². The number of β-amino-alcohol motifs (C(OH)–C–C–N with tert-alkyl or cyclic N) is 1. The van der Waals surface area contributed by atoms with Crippen molar-refractivity contribution in [3.05, 3.63) is 0 Å². The van der Waals surface area contributed by atoms with Gasteiger partial charge in [0.1, 0.15) is 0 Å². The van der Waals surface area contributed by atoms with E-state index in [0.29, 0.717) is 13.2 Å². The molecule has 0 aromatic heterocycles.